The number of aromatic nitrogens is 1. The molecule has 3 aromatic rings. The number of rotatable bonds is 9. The highest BCUT2D eigenvalue weighted by molar-refractivity contribution is 7.89. The normalized spacial score (nSPS) is 12.5. The van der Waals surface area contributed by atoms with Crippen molar-refractivity contribution in [2.24, 2.45) is 4.99 Å². The summed E-state index contributed by atoms with van der Waals surface area (Å²) < 4.78 is 34.8. The van der Waals surface area contributed by atoms with E-state index in [9.17, 15) is 18.0 Å². The molecule has 3 rings (SSSR count). The van der Waals surface area contributed by atoms with E-state index in [1.807, 2.05) is 39.8 Å². The Kier molecular flexibility index (Phi) is 8.63. The fourth-order valence-electron chi connectivity index (χ4n) is 3.87. The van der Waals surface area contributed by atoms with Crippen LogP contribution >= 0.6 is 11.3 Å². The Hall–Kier alpha value is -2.82. The van der Waals surface area contributed by atoms with Gasteiger partial charge in [-0.05, 0) is 61.7 Å². The number of carbonyl (C=O) groups is 2. The molecule has 0 saturated heterocycles. The Morgan fingerprint density at radius 3 is 2.40 bits per heavy atom. The Balaban J connectivity index is 2.00. The van der Waals surface area contributed by atoms with E-state index in [4.69, 9.17) is 4.74 Å². The van der Waals surface area contributed by atoms with E-state index in [0.717, 1.165) is 34.2 Å². The number of nitrogens with zero attached hydrogens (tertiary/aromatic N) is 3. The Labute approximate surface area is 209 Å². The molecule has 2 aromatic carbocycles. The number of thiazole rings is 1. The molecule has 1 amide bonds. The topological polar surface area (TPSA) is 98.0 Å². The van der Waals surface area contributed by atoms with Gasteiger partial charge in [-0.2, -0.15) is 9.30 Å². The lowest BCUT2D eigenvalue weighted by atomic mass is 10.1. The number of amides is 1. The second-order valence-electron chi connectivity index (χ2n) is 8.27. The van der Waals surface area contributed by atoms with E-state index >= 15 is 0 Å². The highest BCUT2D eigenvalue weighted by Gasteiger charge is 2.23. The highest BCUT2D eigenvalue weighted by atomic mass is 32.2. The number of ether oxygens (including phenoxy) is 1. The Morgan fingerprint density at radius 2 is 1.80 bits per heavy atom. The molecule has 8 nitrogen and oxygen atoms in total. The van der Waals surface area contributed by atoms with E-state index < -0.39 is 21.9 Å². The number of benzene rings is 2. The van der Waals surface area contributed by atoms with E-state index in [1.54, 1.807) is 4.57 Å². The van der Waals surface area contributed by atoms with E-state index in [0.29, 0.717) is 17.9 Å². The van der Waals surface area contributed by atoms with Crippen LogP contribution in [0.15, 0.2) is 46.3 Å². The third-order valence-corrected chi connectivity index (χ3v) is 8.69. The number of sulfonamides is 1. The molecular weight excluding hydrogens is 486 g/mol. The van der Waals surface area contributed by atoms with Crippen molar-refractivity contribution >= 4 is 43.5 Å². The quantitative estimate of drug-likeness (QED) is 0.399. The Bertz CT molecular complexity index is 1400. The van der Waals surface area contributed by atoms with Crippen LogP contribution in [0.5, 0.6) is 0 Å². The highest BCUT2D eigenvalue weighted by Crippen LogP contribution is 2.23. The first-order valence-electron chi connectivity index (χ1n) is 11.5. The van der Waals surface area contributed by atoms with Crippen molar-refractivity contribution in [3.8, 4) is 0 Å². The van der Waals surface area contributed by atoms with Gasteiger partial charge < -0.3 is 9.30 Å². The average molecular weight is 518 g/mol. The van der Waals surface area contributed by atoms with Crippen molar-refractivity contribution < 1.29 is 22.7 Å². The first-order valence-corrected chi connectivity index (χ1v) is 13.7. The number of hydrogen-bond donors (Lipinski definition) is 0. The van der Waals surface area contributed by atoms with Gasteiger partial charge in [-0.15, -0.1) is 0 Å². The maximum absolute atomic E-state index is 13.0. The van der Waals surface area contributed by atoms with Crippen LogP contribution in [0.2, 0.25) is 0 Å². The summed E-state index contributed by atoms with van der Waals surface area (Å²) in [5, 5.41) is 0. The maximum Gasteiger partial charge on any atom is 0.325 e. The third kappa shape index (κ3) is 5.88. The molecule has 0 fully saturated rings. The SMILES string of the molecule is CCCCN(CC)S(=O)(=O)c1ccc(C(=O)N=c2sc3cc(C)cc(C)c3n2CC(=O)OC)cc1. The van der Waals surface area contributed by atoms with Gasteiger partial charge in [0.1, 0.15) is 6.54 Å². The summed E-state index contributed by atoms with van der Waals surface area (Å²) in [6, 6.07) is 9.82. The minimum Gasteiger partial charge on any atom is -0.468 e. The Morgan fingerprint density at radius 1 is 1.11 bits per heavy atom. The van der Waals surface area contributed by atoms with Gasteiger partial charge in [0.2, 0.25) is 10.0 Å². The zero-order chi connectivity index (χ0) is 25.8. The van der Waals surface area contributed by atoms with Gasteiger partial charge in [0.25, 0.3) is 5.91 Å². The lowest BCUT2D eigenvalue weighted by Crippen LogP contribution is -2.31. The summed E-state index contributed by atoms with van der Waals surface area (Å²) in [5.74, 6) is -0.969. The zero-order valence-corrected chi connectivity index (χ0v) is 22.3. The van der Waals surface area contributed by atoms with E-state index in [1.165, 1.54) is 47.0 Å². The summed E-state index contributed by atoms with van der Waals surface area (Å²) >= 11 is 1.31. The molecule has 0 aliphatic heterocycles. The van der Waals surface area contributed by atoms with Gasteiger partial charge in [0.15, 0.2) is 4.80 Å². The molecule has 1 aromatic heterocycles. The molecule has 0 atom stereocenters. The van der Waals surface area contributed by atoms with Crippen LogP contribution < -0.4 is 4.80 Å². The average Bonchev–Trinajstić information content (AvgIpc) is 3.15. The number of aryl methyl sites for hydroxylation is 2. The van der Waals surface area contributed by atoms with Gasteiger partial charge in [0, 0.05) is 18.7 Å². The van der Waals surface area contributed by atoms with Crippen molar-refractivity contribution in [1.82, 2.24) is 8.87 Å². The van der Waals surface area contributed by atoms with Crippen molar-refractivity contribution in [3.63, 3.8) is 0 Å². The molecule has 0 N–H and O–H groups in total. The minimum absolute atomic E-state index is 0.0751. The second-order valence-corrected chi connectivity index (χ2v) is 11.2. The molecule has 0 spiro atoms. The molecule has 1 heterocycles. The molecule has 0 bridgehead atoms. The minimum atomic E-state index is -3.64. The molecule has 0 radical (unpaired) electrons. The zero-order valence-electron chi connectivity index (χ0n) is 20.7. The number of methoxy groups -OCH3 is 1. The van der Waals surface area contributed by atoms with E-state index in [-0.39, 0.29) is 17.0 Å². The van der Waals surface area contributed by atoms with Crippen LogP contribution in [0.1, 0.15) is 48.2 Å². The second kappa shape index (κ2) is 11.3. The van der Waals surface area contributed by atoms with Crippen LogP contribution in [-0.2, 0) is 26.1 Å². The summed E-state index contributed by atoms with van der Waals surface area (Å²) in [6.07, 6.45) is 1.68. The predicted octanol–water partition coefficient (Wildman–Crippen LogP) is 4.04. The summed E-state index contributed by atoms with van der Waals surface area (Å²) in [4.78, 5) is 29.8. The molecule has 0 unspecified atom stereocenters. The van der Waals surface area contributed by atoms with Crippen LogP contribution in [0, 0.1) is 13.8 Å². The number of carbonyl (C=O) groups excluding carboxylic acids is 2. The monoisotopic (exact) mass is 517 g/mol. The standard InChI is InChI=1S/C25H31N3O5S2/c1-6-8-13-27(7-2)35(31,32)20-11-9-19(10-12-20)24(30)26-25-28(16-22(29)33-5)23-18(4)14-17(3)15-21(23)34-25/h9-12,14-15H,6-8,13,16H2,1-5H3. The van der Waals surface area contributed by atoms with Gasteiger partial charge in [-0.1, -0.05) is 37.7 Å². The first-order chi connectivity index (χ1) is 16.6. The summed E-state index contributed by atoms with van der Waals surface area (Å²) in [7, 11) is -2.32. The summed E-state index contributed by atoms with van der Waals surface area (Å²) in [5.41, 5.74) is 3.12. The predicted molar refractivity (Wildman–Crippen MR) is 137 cm³/mol. The van der Waals surface area contributed by atoms with Crippen molar-refractivity contribution in [3.05, 3.63) is 57.9 Å². The van der Waals surface area contributed by atoms with Gasteiger partial charge in [0.05, 0.1) is 22.2 Å². The van der Waals surface area contributed by atoms with Gasteiger partial charge in [-0.3, -0.25) is 9.59 Å². The molecule has 10 heteroatoms. The fraction of sp³-hybridized carbons (Fsp3) is 0.400. The van der Waals surface area contributed by atoms with E-state index in [2.05, 4.69) is 4.99 Å². The lowest BCUT2D eigenvalue weighted by molar-refractivity contribution is -0.141. The molecule has 188 valence electrons. The number of hydrogen-bond acceptors (Lipinski definition) is 6. The molecular formula is C25H31N3O5S2. The fourth-order valence-corrected chi connectivity index (χ4v) is 6.56. The summed E-state index contributed by atoms with van der Waals surface area (Å²) in [6.45, 7) is 8.51. The molecule has 0 aliphatic rings. The third-order valence-electron chi connectivity index (χ3n) is 5.68. The molecule has 35 heavy (non-hydrogen) atoms. The number of fused-ring (bicyclic) bond motifs is 1. The van der Waals surface area contributed by atoms with Gasteiger partial charge in [-0.25, -0.2) is 8.42 Å². The number of esters is 1. The van der Waals surface area contributed by atoms with Crippen molar-refractivity contribution in [2.45, 2.75) is 52.0 Å². The van der Waals surface area contributed by atoms with Crippen LogP contribution in [0.25, 0.3) is 10.2 Å². The van der Waals surface area contributed by atoms with Crippen molar-refractivity contribution in [2.75, 3.05) is 20.2 Å². The maximum atomic E-state index is 13.0. The largest absolute Gasteiger partial charge is 0.468 e. The molecule has 0 saturated carbocycles. The lowest BCUT2D eigenvalue weighted by Gasteiger charge is -2.20. The van der Waals surface area contributed by atoms with Crippen LogP contribution in [0.4, 0.5) is 0 Å². The van der Waals surface area contributed by atoms with Crippen LogP contribution in [-0.4, -0.2) is 49.4 Å². The number of unbranched alkanes of at least 4 members (excludes halogenated alkanes) is 1. The van der Waals surface area contributed by atoms with Crippen LogP contribution in [0.3, 0.4) is 0 Å². The van der Waals surface area contributed by atoms with Gasteiger partial charge >= 0.3 is 5.97 Å². The smallest absolute Gasteiger partial charge is 0.325 e. The first kappa shape index (κ1) is 26.8. The molecule has 0 aliphatic carbocycles. The van der Waals surface area contributed by atoms with Crippen molar-refractivity contribution in [1.29, 1.82) is 0 Å².